The molecule has 0 atom stereocenters. The minimum Gasteiger partial charge on any atom is -0.493 e. The molecule has 0 spiro atoms. The van der Waals surface area contributed by atoms with E-state index in [-0.39, 0.29) is 5.95 Å². The lowest BCUT2D eigenvalue weighted by Crippen LogP contribution is -1.98. The van der Waals surface area contributed by atoms with Crippen LogP contribution in [0.1, 0.15) is 0 Å². The summed E-state index contributed by atoms with van der Waals surface area (Å²) in [6.45, 7) is 0. The molecule has 0 saturated carbocycles. The molecule has 0 aliphatic rings. The summed E-state index contributed by atoms with van der Waals surface area (Å²) in [5.41, 5.74) is 8.31. The fraction of sp³-hybridized carbons (Fsp3) is 0.125. The lowest BCUT2D eigenvalue weighted by atomic mass is 10.1. The fourth-order valence-corrected chi connectivity index (χ4v) is 2.85. The zero-order valence-electron chi connectivity index (χ0n) is 12.2. The predicted octanol–water partition coefficient (Wildman–Crippen LogP) is 3.47. The Balaban J connectivity index is 2.08. The van der Waals surface area contributed by atoms with Gasteiger partial charge in [-0.05, 0) is 35.7 Å². The minimum absolute atomic E-state index is 0.246. The Labute approximate surface area is 132 Å². The quantitative estimate of drug-likeness (QED) is 0.798. The number of nitrogens with two attached hydrogens (primary N) is 1. The van der Waals surface area contributed by atoms with Crippen molar-refractivity contribution in [2.75, 3.05) is 20.0 Å². The molecule has 0 bridgehead atoms. The number of nitrogens with zero attached hydrogens (tertiary/aromatic N) is 2. The number of anilines is 1. The zero-order chi connectivity index (χ0) is 15.5. The number of aromatic nitrogens is 2. The van der Waals surface area contributed by atoms with E-state index in [0.29, 0.717) is 11.5 Å². The van der Waals surface area contributed by atoms with Gasteiger partial charge < -0.3 is 15.2 Å². The molecule has 3 rings (SSSR count). The number of nitrogen functional groups attached to an aromatic ring is 1. The van der Waals surface area contributed by atoms with E-state index >= 15 is 0 Å². The summed E-state index contributed by atoms with van der Waals surface area (Å²) in [5.74, 6) is 1.57. The zero-order valence-corrected chi connectivity index (χ0v) is 13.1. The van der Waals surface area contributed by atoms with Crippen molar-refractivity contribution in [1.29, 1.82) is 0 Å². The normalized spacial score (nSPS) is 10.5. The predicted molar refractivity (Wildman–Crippen MR) is 88.3 cm³/mol. The van der Waals surface area contributed by atoms with Gasteiger partial charge in [-0.25, -0.2) is 9.97 Å². The van der Waals surface area contributed by atoms with Crippen molar-refractivity contribution in [3.63, 3.8) is 0 Å². The van der Waals surface area contributed by atoms with Gasteiger partial charge in [-0.2, -0.15) is 0 Å². The highest BCUT2D eigenvalue weighted by Crippen LogP contribution is 2.33. The van der Waals surface area contributed by atoms with Gasteiger partial charge in [-0.3, -0.25) is 0 Å². The molecule has 5 nitrogen and oxygen atoms in total. The second-order valence-electron chi connectivity index (χ2n) is 4.54. The Morgan fingerprint density at radius 3 is 2.41 bits per heavy atom. The number of hydrogen-bond donors (Lipinski definition) is 1. The van der Waals surface area contributed by atoms with Crippen LogP contribution in [0, 0.1) is 0 Å². The van der Waals surface area contributed by atoms with Crippen LogP contribution in [0.25, 0.3) is 21.8 Å². The number of thiophene rings is 1. The van der Waals surface area contributed by atoms with E-state index < -0.39 is 0 Å². The molecule has 112 valence electrons. The Morgan fingerprint density at radius 1 is 0.955 bits per heavy atom. The second kappa shape index (κ2) is 6.03. The minimum atomic E-state index is 0.246. The maximum atomic E-state index is 5.86. The van der Waals surface area contributed by atoms with Crippen molar-refractivity contribution in [3.8, 4) is 33.3 Å². The van der Waals surface area contributed by atoms with Crippen LogP contribution in [-0.4, -0.2) is 24.2 Å². The van der Waals surface area contributed by atoms with Crippen LogP contribution in [0.15, 0.2) is 41.8 Å². The van der Waals surface area contributed by atoms with Gasteiger partial charge >= 0.3 is 0 Å². The highest BCUT2D eigenvalue weighted by Gasteiger charge is 2.11. The SMILES string of the molecule is COc1ccc(-c2cc(-c3cccs3)nc(N)n2)cc1OC. The molecule has 0 unspecified atom stereocenters. The molecule has 0 saturated heterocycles. The summed E-state index contributed by atoms with van der Waals surface area (Å²) < 4.78 is 10.6. The lowest BCUT2D eigenvalue weighted by molar-refractivity contribution is 0.355. The molecular formula is C16H15N3O2S. The van der Waals surface area contributed by atoms with Crippen LogP contribution in [-0.2, 0) is 0 Å². The first-order valence-corrected chi connectivity index (χ1v) is 7.50. The maximum Gasteiger partial charge on any atom is 0.221 e. The van der Waals surface area contributed by atoms with Crippen LogP contribution in [0.5, 0.6) is 11.5 Å². The largest absolute Gasteiger partial charge is 0.493 e. The Kier molecular flexibility index (Phi) is 3.93. The summed E-state index contributed by atoms with van der Waals surface area (Å²) >= 11 is 1.61. The molecular weight excluding hydrogens is 298 g/mol. The van der Waals surface area contributed by atoms with E-state index in [1.54, 1.807) is 25.6 Å². The van der Waals surface area contributed by atoms with Crippen molar-refractivity contribution in [2.45, 2.75) is 0 Å². The fourth-order valence-electron chi connectivity index (χ4n) is 2.16. The van der Waals surface area contributed by atoms with E-state index in [2.05, 4.69) is 9.97 Å². The van der Waals surface area contributed by atoms with Gasteiger partial charge in [0.2, 0.25) is 5.95 Å². The highest BCUT2D eigenvalue weighted by atomic mass is 32.1. The first-order valence-electron chi connectivity index (χ1n) is 6.62. The van der Waals surface area contributed by atoms with Crippen LogP contribution >= 0.6 is 11.3 Å². The van der Waals surface area contributed by atoms with E-state index in [0.717, 1.165) is 21.8 Å². The second-order valence-corrected chi connectivity index (χ2v) is 5.49. The van der Waals surface area contributed by atoms with Crippen molar-refractivity contribution < 1.29 is 9.47 Å². The topological polar surface area (TPSA) is 70.3 Å². The first kappa shape index (κ1) is 14.3. The highest BCUT2D eigenvalue weighted by molar-refractivity contribution is 7.13. The third-order valence-electron chi connectivity index (χ3n) is 3.20. The third-order valence-corrected chi connectivity index (χ3v) is 4.09. The molecule has 0 amide bonds. The van der Waals surface area contributed by atoms with Gasteiger partial charge in [0.05, 0.1) is 30.5 Å². The van der Waals surface area contributed by atoms with Crippen LogP contribution < -0.4 is 15.2 Å². The molecule has 0 fully saturated rings. The molecule has 1 aromatic carbocycles. The summed E-state index contributed by atoms with van der Waals surface area (Å²) in [5, 5.41) is 2.00. The molecule has 2 heterocycles. The van der Waals surface area contributed by atoms with Crippen LogP contribution in [0.2, 0.25) is 0 Å². The van der Waals surface area contributed by atoms with E-state index in [9.17, 15) is 0 Å². The van der Waals surface area contributed by atoms with Gasteiger partial charge in [0.15, 0.2) is 11.5 Å². The molecule has 22 heavy (non-hydrogen) atoms. The third kappa shape index (κ3) is 2.73. The number of methoxy groups -OCH3 is 2. The summed E-state index contributed by atoms with van der Waals surface area (Å²) in [6.07, 6.45) is 0. The van der Waals surface area contributed by atoms with Gasteiger partial charge in [0, 0.05) is 5.56 Å². The van der Waals surface area contributed by atoms with E-state index in [1.807, 2.05) is 41.8 Å². The smallest absolute Gasteiger partial charge is 0.221 e. The lowest BCUT2D eigenvalue weighted by Gasteiger charge is -2.10. The average molecular weight is 313 g/mol. The molecule has 2 N–H and O–H groups in total. The summed E-state index contributed by atoms with van der Waals surface area (Å²) in [6, 6.07) is 11.5. The van der Waals surface area contributed by atoms with Crippen molar-refractivity contribution in [3.05, 3.63) is 41.8 Å². The number of rotatable bonds is 4. The number of ether oxygens (including phenoxy) is 2. The van der Waals surface area contributed by atoms with Crippen molar-refractivity contribution in [1.82, 2.24) is 9.97 Å². The average Bonchev–Trinajstić information content (AvgIpc) is 3.08. The van der Waals surface area contributed by atoms with Crippen LogP contribution in [0.4, 0.5) is 5.95 Å². The molecule has 6 heteroatoms. The van der Waals surface area contributed by atoms with Crippen molar-refractivity contribution in [2.24, 2.45) is 0 Å². The first-order chi connectivity index (χ1) is 10.7. The molecule has 0 aliphatic carbocycles. The van der Waals surface area contributed by atoms with Gasteiger partial charge in [0.1, 0.15) is 0 Å². The number of hydrogen-bond acceptors (Lipinski definition) is 6. The van der Waals surface area contributed by atoms with Gasteiger partial charge in [-0.1, -0.05) is 6.07 Å². The monoisotopic (exact) mass is 313 g/mol. The van der Waals surface area contributed by atoms with Crippen LogP contribution in [0.3, 0.4) is 0 Å². The molecule has 0 radical (unpaired) electrons. The van der Waals surface area contributed by atoms with E-state index in [1.165, 1.54) is 0 Å². The Bertz CT molecular complexity index is 788. The van der Waals surface area contributed by atoms with Gasteiger partial charge in [0.25, 0.3) is 0 Å². The van der Waals surface area contributed by atoms with E-state index in [4.69, 9.17) is 15.2 Å². The Hall–Kier alpha value is -2.60. The summed E-state index contributed by atoms with van der Waals surface area (Å²) in [4.78, 5) is 9.67. The number of benzene rings is 1. The standard InChI is InChI=1S/C16H15N3O2S/c1-20-13-6-5-10(8-14(13)21-2)11-9-12(19-16(17)18-11)15-4-3-7-22-15/h3-9H,1-2H3,(H2,17,18,19). The van der Waals surface area contributed by atoms with Crippen molar-refractivity contribution >= 4 is 17.3 Å². The molecule has 0 aliphatic heterocycles. The molecule has 3 aromatic rings. The molecule has 2 aromatic heterocycles. The maximum absolute atomic E-state index is 5.86. The summed E-state index contributed by atoms with van der Waals surface area (Å²) in [7, 11) is 3.21. The Morgan fingerprint density at radius 2 is 1.73 bits per heavy atom. The van der Waals surface area contributed by atoms with Gasteiger partial charge in [-0.15, -0.1) is 11.3 Å².